The highest BCUT2D eigenvalue weighted by molar-refractivity contribution is 5.85. The summed E-state index contributed by atoms with van der Waals surface area (Å²) in [6, 6.07) is 7.31. The van der Waals surface area contributed by atoms with Gasteiger partial charge in [-0.15, -0.1) is 0 Å². The molecule has 0 unspecified atom stereocenters. The Morgan fingerprint density at radius 2 is 1.88 bits per heavy atom. The molecule has 6 nitrogen and oxygen atoms in total. The van der Waals surface area contributed by atoms with Crippen molar-refractivity contribution in [3.8, 4) is 0 Å². The lowest BCUT2D eigenvalue weighted by Gasteiger charge is -2.27. The third-order valence-corrected chi connectivity index (χ3v) is 3.80. The molecule has 0 aliphatic heterocycles. The van der Waals surface area contributed by atoms with Crippen LogP contribution >= 0.6 is 0 Å². The second kappa shape index (κ2) is 9.01. The number of urea groups is 1. The number of carboxylic acids is 1. The van der Waals surface area contributed by atoms with Gasteiger partial charge in [0, 0.05) is 12.8 Å². The van der Waals surface area contributed by atoms with Gasteiger partial charge in [0.2, 0.25) is 0 Å². The van der Waals surface area contributed by atoms with Crippen LogP contribution in [0.1, 0.15) is 51.2 Å². The van der Waals surface area contributed by atoms with Crippen LogP contribution in [0.25, 0.3) is 5.57 Å². The number of ketones is 1. The van der Waals surface area contributed by atoms with Gasteiger partial charge in [-0.2, -0.15) is 0 Å². The molecule has 136 valence electrons. The lowest BCUT2D eigenvalue weighted by atomic mass is 9.92. The molecule has 0 heterocycles. The number of rotatable bonds is 9. The summed E-state index contributed by atoms with van der Waals surface area (Å²) in [6.07, 6.45) is 0.358. The van der Waals surface area contributed by atoms with Crippen molar-refractivity contribution in [3.63, 3.8) is 0 Å². The van der Waals surface area contributed by atoms with Gasteiger partial charge in [-0.25, -0.2) is 4.79 Å². The average Bonchev–Trinajstić information content (AvgIpc) is 2.52. The van der Waals surface area contributed by atoms with Gasteiger partial charge in [-0.1, -0.05) is 30.4 Å². The van der Waals surface area contributed by atoms with E-state index in [9.17, 15) is 14.4 Å². The van der Waals surface area contributed by atoms with Crippen LogP contribution in [0.5, 0.6) is 0 Å². The largest absolute Gasteiger partial charge is 0.481 e. The van der Waals surface area contributed by atoms with Crippen molar-refractivity contribution in [2.75, 3.05) is 6.54 Å². The molecule has 2 amide bonds. The first kappa shape index (κ1) is 20.4. The number of Topliss-reactive ketones (excluding diaryl/α,β-unsaturated/α-hetero) is 1. The molecule has 0 bridgehead atoms. The molecule has 3 N–H and O–H groups in total. The number of hydrogen-bond donors (Lipinski definition) is 3. The number of nitrogens with one attached hydrogen (secondary N) is 2. The SMILES string of the molecule is C=C(C)c1cccc(C(C)(C)NC(=O)NCC(=O)CCCC(=O)O)c1. The Morgan fingerprint density at radius 1 is 1.20 bits per heavy atom. The summed E-state index contributed by atoms with van der Waals surface area (Å²) in [5, 5.41) is 13.9. The fourth-order valence-electron chi connectivity index (χ4n) is 2.28. The maximum Gasteiger partial charge on any atom is 0.315 e. The lowest BCUT2D eigenvalue weighted by Crippen LogP contribution is -2.47. The van der Waals surface area contributed by atoms with E-state index < -0.39 is 17.5 Å². The molecule has 1 aromatic rings. The van der Waals surface area contributed by atoms with Gasteiger partial charge in [0.15, 0.2) is 5.78 Å². The van der Waals surface area contributed by atoms with Crippen LogP contribution in [-0.4, -0.2) is 29.4 Å². The normalized spacial score (nSPS) is 10.8. The number of benzene rings is 1. The Kier molecular flexibility index (Phi) is 7.36. The van der Waals surface area contributed by atoms with Crippen molar-refractivity contribution in [1.29, 1.82) is 0 Å². The third kappa shape index (κ3) is 7.20. The van der Waals surface area contributed by atoms with E-state index in [0.717, 1.165) is 16.7 Å². The van der Waals surface area contributed by atoms with Crippen LogP contribution in [0.3, 0.4) is 0 Å². The lowest BCUT2D eigenvalue weighted by molar-refractivity contribution is -0.137. The zero-order valence-corrected chi connectivity index (χ0v) is 15.0. The number of amides is 2. The zero-order valence-electron chi connectivity index (χ0n) is 15.0. The summed E-state index contributed by atoms with van der Waals surface area (Å²) in [7, 11) is 0. The van der Waals surface area contributed by atoms with Crippen LogP contribution in [-0.2, 0) is 15.1 Å². The fraction of sp³-hybridized carbons (Fsp3) is 0.421. The molecule has 0 saturated heterocycles. The van der Waals surface area contributed by atoms with E-state index in [1.807, 2.05) is 45.0 Å². The van der Waals surface area contributed by atoms with Crippen molar-refractivity contribution in [2.24, 2.45) is 0 Å². The predicted octanol–water partition coefficient (Wildman–Crippen LogP) is 3.08. The fourth-order valence-corrected chi connectivity index (χ4v) is 2.28. The highest BCUT2D eigenvalue weighted by Crippen LogP contribution is 2.23. The number of hydrogen-bond acceptors (Lipinski definition) is 3. The minimum absolute atomic E-state index is 0.0516. The first-order valence-electron chi connectivity index (χ1n) is 8.18. The Hall–Kier alpha value is -2.63. The minimum atomic E-state index is -0.933. The molecule has 25 heavy (non-hydrogen) atoms. The maximum absolute atomic E-state index is 12.1. The quantitative estimate of drug-likeness (QED) is 0.640. The summed E-state index contributed by atoms with van der Waals surface area (Å²) < 4.78 is 0. The Balaban J connectivity index is 2.54. The molecule has 0 saturated carbocycles. The van der Waals surface area contributed by atoms with Gasteiger partial charge >= 0.3 is 12.0 Å². The van der Waals surface area contributed by atoms with E-state index in [0.29, 0.717) is 0 Å². The van der Waals surface area contributed by atoms with E-state index in [1.54, 1.807) is 0 Å². The molecule has 0 aliphatic rings. The molecule has 0 radical (unpaired) electrons. The molecule has 0 spiro atoms. The van der Waals surface area contributed by atoms with Gasteiger partial charge < -0.3 is 15.7 Å². The van der Waals surface area contributed by atoms with E-state index in [4.69, 9.17) is 5.11 Å². The van der Waals surface area contributed by atoms with Gasteiger partial charge in [-0.3, -0.25) is 9.59 Å². The number of carboxylic acid groups (broad SMARTS) is 1. The molecule has 6 heteroatoms. The Bertz CT molecular complexity index is 665. The summed E-state index contributed by atoms with van der Waals surface area (Å²) in [6.45, 7) is 9.47. The molecule has 0 aromatic heterocycles. The van der Waals surface area contributed by atoms with Gasteiger partial charge in [0.1, 0.15) is 0 Å². The number of aliphatic carboxylic acids is 1. The highest BCUT2D eigenvalue weighted by atomic mass is 16.4. The second-order valence-electron chi connectivity index (χ2n) is 6.58. The summed E-state index contributed by atoms with van der Waals surface area (Å²) in [5.74, 6) is -1.13. The number of allylic oxidation sites excluding steroid dienone is 1. The minimum Gasteiger partial charge on any atom is -0.481 e. The van der Waals surface area contributed by atoms with E-state index in [-0.39, 0.29) is 31.6 Å². The van der Waals surface area contributed by atoms with Crippen molar-refractivity contribution in [1.82, 2.24) is 10.6 Å². The molecule has 1 aromatic carbocycles. The first-order valence-corrected chi connectivity index (χ1v) is 8.18. The predicted molar refractivity (Wildman–Crippen MR) is 97.2 cm³/mol. The van der Waals surface area contributed by atoms with E-state index in [1.165, 1.54) is 0 Å². The van der Waals surface area contributed by atoms with Crippen molar-refractivity contribution < 1.29 is 19.5 Å². The topological polar surface area (TPSA) is 95.5 Å². The third-order valence-electron chi connectivity index (χ3n) is 3.80. The molecule has 0 fully saturated rings. The smallest absolute Gasteiger partial charge is 0.315 e. The second-order valence-corrected chi connectivity index (χ2v) is 6.58. The van der Waals surface area contributed by atoms with Gasteiger partial charge in [0.25, 0.3) is 0 Å². The van der Waals surface area contributed by atoms with E-state index in [2.05, 4.69) is 17.2 Å². The summed E-state index contributed by atoms with van der Waals surface area (Å²) >= 11 is 0. The van der Waals surface area contributed by atoms with Crippen LogP contribution in [0, 0.1) is 0 Å². The van der Waals surface area contributed by atoms with Crippen molar-refractivity contribution in [3.05, 3.63) is 42.0 Å². The molecule has 0 aliphatic carbocycles. The monoisotopic (exact) mass is 346 g/mol. The maximum atomic E-state index is 12.1. The molecule has 1 rings (SSSR count). The zero-order chi connectivity index (χ0) is 19.0. The Morgan fingerprint density at radius 3 is 2.48 bits per heavy atom. The van der Waals surface area contributed by atoms with Crippen LogP contribution in [0.2, 0.25) is 0 Å². The Labute approximate surface area is 148 Å². The first-order chi connectivity index (χ1) is 11.6. The van der Waals surface area contributed by atoms with Crippen LogP contribution in [0.15, 0.2) is 30.8 Å². The molecular formula is C19H26N2O4. The van der Waals surface area contributed by atoms with Crippen molar-refractivity contribution >= 4 is 23.4 Å². The summed E-state index contributed by atoms with van der Waals surface area (Å²) in [5.41, 5.74) is 2.24. The number of carbonyl (C=O) groups is 3. The standard InChI is InChI=1S/C19H26N2O4/c1-13(2)14-7-5-8-15(11-14)19(3,4)21-18(25)20-12-16(22)9-6-10-17(23)24/h5,7-8,11H,1,6,9-10,12H2,2-4H3,(H,23,24)(H2,20,21,25). The van der Waals surface area contributed by atoms with Crippen LogP contribution < -0.4 is 10.6 Å². The van der Waals surface area contributed by atoms with Crippen molar-refractivity contribution in [2.45, 2.75) is 45.6 Å². The van der Waals surface area contributed by atoms with E-state index >= 15 is 0 Å². The van der Waals surface area contributed by atoms with Crippen LogP contribution in [0.4, 0.5) is 4.79 Å². The summed E-state index contributed by atoms with van der Waals surface area (Å²) in [4.78, 5) is 34.1. The van der Waals surface area contributed by atoms with Gasteiger partial charge in [-0.05, 0) is 44.4 Å². The molecule has 0 atom stereocenters. The average molecular weight is 346 g/mol. The molecular weight excluding hydrogens is 320 g/mol. The number of carbonyl (C=O) groups excluding carboxylic acids is 2. The highest BCUT2D eigenvalue weighted by Gasteiger charge is 2.23. The van der Waals surface area contributed by atoms with Gasteiger partial charge in [0.05, 0.1) is 12.1 Å².